The molecule has 9 heteroatoms. The highest BCUT2D eigenvalue weighted by Gasteiger charge is 2.40. The third kappa shape index (κ3) is 3.76. The predicted molar refractivity (Wildman–Crippen MR) is 88.4 cm³/mol. The average Bonchev–Trinajstić information content (AvgIpc) is 2.79. The molecule has 3 nitrogen and oxygen atoms in total. The van der Waals surface area contributed by atoms with Crippen LogP contribution >= 0.6 is 34.8 Å². The Kier molecular flexibility index (Phi) is 5.62. The highest BCUT2D eigenvalue weighted by molar-refractivity contribution is 6.36. The Morgan fingerprint density at radius 1 is 1.17 bits per heavy atom. The van der Waals surface area contributed by atoms with Gasteiger partial charge in [0.1, 0.15) is 5.75 Å². The fraction of sp³-hybridized carbons (Fsp3) is 0.400. The molecule has 0 aliphatic carbocycles. The molecule has 1 aromatic carbocycles. The minimum atomic E-state index is -4.60. The van der Waals surface area contributed by atoms with E-state index in [2.05, 4.69) is 5.10 Å². The van der Waals surface area contributed by atoms with Crippen LogP contribution in [0.4, 0.5) is 13.2 Å². The SMILES string of the molecule is COc1cc(Cc2nn(C(C)C)c(C(F)(F)F)c2Cl)c(Cl)cc1Cl. The average molecular weight is 402 g/mol. The van der Waals surface area contributed by atoms with Crippen LogP contribution in [0.3, 0.4) is 0 Å². The number of nitrogens with zero attached hydrogens (tertiary/aromatic N) is 2. The highest BCUT2D eigenvalue weighted by Crippen LogP contribution is 2.39. The zero-order chi connectivity index (χ0) is 18.2. The van der Waals surface area contributed by atoms with E-state index in [1.54, 1.807) is 19.9 Å². The maximum absolute atomic E-state index is 13.3. The number of methoxy groups -OCH3 is 1. The van der Waals surface area contributed by atoms with E-state index < -0.39 is 22.9 Å². The summed E-state index contributed by atoms with van der Waals surface area (Å²) < 4.78 is 45.8. The van der Waals surface area contributed by atoms with E-state index in [1.807, 2.05) is 0 Å². The van der Waals surface area contributed by atoms with Crippen LogP contribution in [0, 0.1) is 0 Å². The molecule has 2 aromatic rings. The molecule has 0 saturated carbocycles. The summed E-state index contributed by atoms with van der Waals surface area (Å²) >= 11 is 18.0. The summed E-state index contributed by atoms with van der Waals surface area (Å²) in [5.41, 5.74) is -0.364. The van der Waals surface area contributed by atoms with Crippen molar-refractivity contribution in [2.45, 2.75) is 32.5 Å². The Balaban J connectivity index is 2.52. The van der Waals surface area contributed by atoms with Crippen LogP contribution < -0.4 is 4.74 Å². The van der Waals surface area contributed by atoms with Gasteiger partial charge in [-0.1, -0.05) is 34.8 Å². The quantitative estimate of drug-likeness (QED) is 0.624. The number of aromatic nitrogens is 2. The standard InChI is InChI=1S/C15H14Cl3F3N2O/c1-7(2)23-14(15(19,20)21)13(18)11(22-23)4-8-5-12(24-3)10(17)6-9(8)16/h5-7H,4H2,1-3H3. The lowest BCUT2D eigenvalue weighted by Crippen LogP contribution is -2.16. The first-order valence-electron chi connectivity index (χ1n) is 6.92. The van der Waals surface area contributed by atoms with Crippen molar-refractivity contribution in [1.29, 1.82) is 0 Å². The fourth-order valence-electron chi connectivity index (χ4n) is 2.25. The summed E-state index contributed by atoms with van der Waals surface area (Å²) in [6.45, 7) is 3.20. The van der Waals surface area contributed by atoms with Gasteiger partial charge in [0.15, 0.2) is 5.69 Å². The van der Waals surface area contributed by atoms with Gasteiger partial charge in [-0.25, -0.2) is 0 Å². The number of rotatable bonds is 4. The van der Waals surface area contributed by atoms with Crippen molar-refractivity contribution in [1.82, 2.24) is 9.78 Å². The van der Waals surface area contributed by atoms with E-state index in [0.29, 0.717) is 21.4 Å². The lowest BCUT2D eigenvalue weighted by molar-refractivity contribution is -0.144. The van der Waals surface area contributed by atoms with Crippen molar-refractivity contribution >= 4 is 34.8 Å². The Morgan fingerprint density at radius 3 is 2.25 bits per heavy atom. The van der Waals surface area contributed by atoms with Gasteiger partial charge >= 0.3 is 6.18 Å². The molecular weight excluding hydrogens is 388 g/mol. The Hall–Kier alpha value is -1.11. The van der Waals surface area contributed by atoms with Crippen LogP contribution in [-0.4, -0.2) is 16.9 Å². The van der Waals surface area contributed by atoms with Crippen molar-refractivity contribution in [2.75, 3.05) is 7.11 Å². The molecular formula is C15H14Cl3F3N2O. The predicted octanol–water partition coefficient (Wildman–Crippen LogP) is 6.04. The van der Waals surface area contributed by atoms with Crippen LogP contribution in [0.15, 0.2) is 12.1 Å². The molecule has 1 aromatic heterocycles. The third-order valence-corrected chi connectivity index (χ3v) is 4.40. The second kappa shape index (κ2) is 7.02. The summed E-state index contributed by atoms with van der Waals surface area (Å²) in [7, 11) is 1.43. The largest absolute Gasteiger partial charge is 0.495 e. The van der Waals surface area contributed by atoms with Crippen LogP contribution in [0.25, 0.3) is 0 Å². The minimum absolute atomic E-state index is 0.0218. The van der Waals surface area contributed by atoms with Crippen LogP contribution in [0.5, 0.6) is 5.75 Å². The Labute approximate surface area is 152 Å². The van der Waals surface area contributed by atoms with Crippen molar-refractivity contribution < 1.29 is 17.9 Å². The third-order valence-electron chi connectivity index (χ3n) is 3.36. The first kappa shape index (κ1) is 19.2. The second-order valence-electron chi connectivity index (χ2n) is 5.40. The molecule has 0 atom stereocenters. The molecule has 0 fully saturated rings. The van der Waals surface area contributed by atoms with Gasteiger partial charge in [0.05, 0.1) is 22.8 Å². The highest BCUT2D eigenvalue weighted by atomic mass is 35.5. The number of hydrogen-bond donors (Lipinski definition) is 0. The summed E-state index contributed by atoms with van der Waals surface area (Å²) in [5.74, 6) is 0.367. The number of halogens is 6. The van der Waals surface area contributed by atoms with Gasteiger partial charge in [-0.2, -0.15) is 18.3 Å². The van der Waals surface area contributed by atoms with Crippen LogP contribution in [-0.2, 0) is 12.6 Å². The number of ether oxygens (including phenoxy) is 1. The molecule has 0 amide bonds. The number of hydrogen-bond acceptors (Lipinski definition) is 2. The zero-order valence-electron chi connectivity index (χ0n) is 13.0. The molecule has 0 spiro atoms. The second-order valence-corrected chi connectivity index (χ2v) is 6.59. The molecule has 0 bridgehead atoms. The molecule has 0 radical (unpaired) electrons. The molecule has 2 rings (SSSR count). The molecule has 0 aliphatic rings. The van der Waals surface area contributed by atoms with Gasteiger partial charge in [0.2, 0.25) is 0 Å². The Bertz CT molecular complexity index is 757. The minimum Gasteiger partial charge on any atom is -0.495 e. The maximum atomic E-state index is 13.3. The van der Waals surface area contributed by atoms with Gasteiger partial charge in [-0.05, 0) is 31.5 Å². The van der Waals surface area contributed by atoms with E-state index in [4.69, 9.17) is 39.5 Å². The van der Waals surface area contributed by atoms with E-state index in [-0.39, 0.29) is 12.1 Å². The van der Waals surface area contributed by atoms with E-state index >= 15 is 0 Å². The monoisotopic (exact) mass is 400 g/mol. The first-order valence-corrected chi connectivity index (χ1v) is 8.05. The van der Waals surface area contributed by atoms with E-state index in [1.165, 1.54) is 13.2 Å². The van der Waals surface area contributed by atoms with Gasteiger partial charge < -0.3 is 4.74 Å². The number of benzene rings is 1. The zero-order valence-corrected chi connectivity index (χ0v) is 15.3. The van der Waals surface area contributed by atoms with Crippen LogP contribution in [0.2, 0.25) is 15.1 Å². The van der Waals surface area contributed by atoms with Crippen molar-refractivity contribution in [2.24, 2.45) is 0 Å². The molecule has 24 heavy (non-hydrogen) atoms. The van der Waals surface area contributed by atoms with Gasteiger partial charge in [-0.3, -0.25) is 4.68 Å². The topological polar surface area (TPSA) is 27.1 Å². The summed E-state index contributed by atoms with van der Waals surface area (Å²) in [6, 6.07) is 2.53. The molecule has 1 heterocycles. The van der Waals surface area contributed by atoms with E-state index in [0.717, 1.165) is 4.68 Å². The molecule has 0 unspecified atom stereocenters. The first-order chi connectivity index (χ1) is 11.1. The number of alkyl halides is 3. The van der Waals surface area contributed by atoms with Gasteiger partial charge in [-0.15, -0.1) is 0 Å². The van der Waals surface area contributed by atoms with Gasteiger partial charge in [0.25, 0.3) is 0 Å². The van der Waals surface area contributed by atoms with E-state index in [9.17, 15) is 13.2 Å². The summed E-state index contributed by atoms with van der Waals surface area (Å²) in [5, 5.41) is 4.20. The summed E-state index contributed by atoms with van der Waals surface area (Å²) in [6.07, 6.45) is -4.58. The Morgan fingerprint density at radius 2 is 1.79 bits per heavy atom. The van der Waals surface area contributed by atoms with Crippen molar-refractivity contribution in [3.05, 3.63) is 44.2 Å². The molecule has 0 N–H and O–H groups in total. The smallest absolute Gasteiger partial charge is 0.434 e. The molecule has 132 valence electrons. The lowest BCUT2D eigenvalue weighted by Gasteiger charge is -2.13. The normalized spacial score (nSPS) is 12.1. The molecule has 0 aliphatic heterocycles. The maximum Gasteiger partial charge on any atom is 0.434 e. The van der Waals surface area contributed by atoms with Crippen molar-refractivity contribution in [3.63, 3.8) is 0 Å². The molecule has 0 saturated heterocycles. The summed E-state index contributed by atoms with van der Waals surface area (Å²) in [4.78, 5) is 0. The van der Waals surface area contributed by atoms with Gasteiger partial charge in [0, 0.05) is 17.5 Å². The lowest BCUT2D eigenvalue weighted by atomic mass is 10.1. The van der Waals surface area contributed by atoms with Crippen molar-refractivity contribution in [3.8, 4) is 5.75 Å². The van der Waals surface area contributed by atoms with Crippen LogP contribution in [0.1, 0.15) is 36.8 Å². The fourth-order valence-corrected chi connectivity index (χ4v) is 3.07.